The van der Waals surface area contributed by atoms with E-state index in [0.29, 0.717) is 0 Å². The first-order valence-corrected chi connectivity index (χ1v) is 3.85. The van der Waals surface area contributed by atoms with Crippen molar-refractivity contribution in [1.29, 1.82) is 0 Å². The first kappa shape index (κ1) is 4.58. The zero-order valence-electron chi connectivity index (χ0n) is 2.39. The van der Waals surface area contributed by atoms with Gasteiger partial charge in [-0.15, -0.1) is 0 Å². The molecule has 2 unspecified atom stereocenters. The maximum atomic E-state index is 9.52. The molecule has 0 aromatic carbocycles. The van der Waals surface area contributed by atoms with Crippen LogP contribution < -0.4 is 0 Å². The molecular weight excluding hydrogens is 91.1 g/mol. The standard InChI is InChI=1S/CH5OPS/c1-4(2)3/h3H2,1H3. The quantitative estimate of drug-likeness (QED) is 0.392. The van der Waals surface area contributed by atoms with Crippen LogP contribution in [0.2, 0.25) is 0 Å². The maximum Gasteiger partial charge on any atom is 0.0335 e. The van der Waals surface area contributed by atoms with Crippen molar-refractivity contribution in [3.63, 3.8) is 0 Å². The molecule has 0 aromatic rings. The fourth-order valence-corrected chi connectivity index (χ4v) is 0. The molecule has 2 atom stereocenters. The smallest absolute Gasteiger partial charge is 0.0335 e. The van der Waals surface area contributed by atoms with Crippen LogP contribution >= 0.6 is 8.44 Å². The Labute approximate surface area is 30.2 Å². The van der Waals surface area contributed by atoms with Crippen LogP contribution in [0.5, 0.6) is 0 Å². The van der Waals surface area contributed by atoms with E-state index >= 15 is 0 Å². The third kappa shape index (κ3) is 19.1. The van der Waals surface area contributed by atoms with Gasteiger partial charge in [0.15, 0.2) is 0 Å². The molecule has 0 saturated heterocycles. The monoisotopic (exact) mass is 96.0 g/mol. The summed E-state index contributed by atoms with van der Waals surface area (Å²) in [6.45, 7) is 0. The van der Waals surface area contributed by atoms with Gasteiger partial charge < -0.3 is 0 Å². The normalized spacial score (nSPS) is 15.5. The Kier molecular flexibility index (Phi) is 2.13. The average molecular weight is 96.1 g/mol. The van der Waals surface area contributed by atoms with E-state index in [1.165, 1.54) is 0 Å². The minimum atomic E-state index is -0.694. The summed E-state index contributed by atoms with van der Waals surface area (Å²) in [5.74, 6) is 0. The Morgan fingerprint density at radius 2 is 2.00 bits per heavy atom. The summed E-state index contributed by atoms with van der Waals surface area (Å²) >= 11 is 0. The highest BCUT2D eigenvalue weighted by Gasteiger charge is 1.57. The second-order valence-corrected chi connectivity index (χ2v) is 3.49. The molecule has 0 radical (unpaired) electrons. The van der Waals surface area contributed by atoms with Crippen LogP contribution in [0.15, 0.2) is 0 Å². The third-order valence-corrected chi connectivity index (χ3v) is 0. The van der Waals surface area contributed by atoms with Crippen LogP contribution in [-0.4, -0.2) is 10.5 Å². The number of rotatable bonds is 0. The largest absolute Gasteiger partial charge is 0.256 e. The van der Waals surface area contributed by atoms with E-state index in [0.717, 1.165) is 0 Å². The van der Waals surface area contributed by atoms with E-state index in [1.807, 2.05) is 0 Å². The Bertz CT molecular complexity index is 31.0. The lowest BCUT2D eigenvalue weighted by molar-refractivity contribution is 0.695. The molecule has 0 spiro atoms. The summed E-state index contributed by atoms with van der Waals surface area (Å²) in [5, 5.41) is 0. The summed E-state index contributed by atoms with van der Waals surface area (Å²) in [6.07, 6.45) is 1.60. The van der Waals surface area contributed by atoms with Crippen molar-refractivity contribution in [2.75, 3.05) is 6.26 Å². The second-order valence-electron chi connectivity index (χ2n) is 0.499. The van der Waals surface area contributed by atoms with Gasteiger partial charge in [-0.3, -0.25) is 4.21 Å². The van der Waals surface area contributed by atoms with Gasteiger partial charge in [-0.2, -0.15) is 0 Å². The van der Waals surface area contributed by atoms with Gasteiger partial charge >= 0.3 is 0 Å². The summed E-state index contributed by atoms with van der Waals surface area (Å²) in [7, 11) is 1.44. The van der Waals surface area contributed by atoms with E-state index in [-0.39, 0.29) is 0 Å². The Morgan fingerprint density at radius 3 is 2.00 bits per heavy atom. The lowest BCUT2D eigenvalue weighted by Crippen LogP contribution is -1.56. The molecule has 0 rings (SSSR count). The van der Waals surface area contributed by atoms with Crippen molar-refractivity contribution in [2.45, 2.75) is 0 Å². The Balaban J connectivity index is 2.80. The fourth-order valence-electron chi connectivity index (χ4n) is 0. The SMILES string of the molecule is CS(=O)P. The van der Waals surface area contributed by atoms with Crippen LogP contribution in [0.25, 0.3) is 0 Å². The third-order valence-electron chi connectivity index (χ3n) is 0. The highest BCUT2D eigenvalue weighted by atomic mass is 32.7. The summed E-state index contributed by atoms with van der Waals surface area (Å²) in [4.78, 5) is 0. The zero-order chi connectivity index (χ0) is 3.58. The summed E-state index contributed by atoms with van der Waals surface area (Å²) in [6, 6.07) is 0. The highest BCUT2D eigenvalue weighted by molar-refractivity contribution is 8.32. The molecule has 0 aromatic heterocycles. The van der Waals surface area contributed by atoms with E-state index in [9.17, 15) is 4.21 Å². The molecule has 0 aliphatic carbocycles. The number of hydrogen-bond donors (Lipinski definition) is 0. The molecular formula is CH5OPS. The van der Waals surface area contributed by atoms with E-state index in [4.69, 9.17) is 0 Å². The van der Waals surface area contributed by atoms with Crippen LogP contribution in [0.3, 0.4) is 0 Å². The molecule has 0 amide bonds. The maximum absolute atomic E-state index is 9.52. The van der Waals surface area contributed by atoms with E-state index in [2.05, 4.69) is 8.44 Å². The van der Waals surface area contributed by atoms with Crippen molar-refractivity contribution < 1.29 is 4.21 Å². The van der Waals surface area contributed by atoms with Gasteiger partial charge in [0.2, 0.25) is 0 Å². The lowest BCUT2D eigenvalue weighted by atomic mass is 12.0. The van der Waals surface area contributed by atoms with Gasteiger partial charge in [0.1, 0.15) is 0 Å². The fraction of sp³-hybridized carbons (Fsp3) is 1.00. The van der Waals surface area contributed by atoms with Gasteiger partial charge in [-0.05, 0) is 8.44 Å². The van der Waals surface area contributed by atoms with Crippen molar-refractivity contribution in [2.24, 2.45) is 0 Å². The van der Waals surface area contributed by atoms with Gasteiger partial charge in [0.25, 0.3) is 0 Å². The molecule has 3 heteroatoms. The first-order valence-electron chi connectivity index (χ1n) is 0.811. The molecule has 4 heavy (non-hydrogen) atoms. The molecule has 0 bridgehead atoms. The van der Waals surface area contributed by atoms with Crippen LogP contribution in [0, 0.1) is 0 Å². The molecule has 0 N–H and O–H groups in total. The van der Waals surface area contributed by atoms with Gasteiger partial charge in [0.05, 0.1) is 0 Å². The Hall–Kier alpha value is 0.580. The molecule has 1 nitrogen and oxygen atoms in total. The molecule has 0 aliphatic rings. The molecule has 0 fully saturated rings. The molecule has 0 aliphatic heterocycles. The zero-order valence-corrected chi connectivity index (χ0v) is 4.37. The molecule has 26 valence electrons. The van der Waals surface area contributed by atoms with Crippen LogP contribution in [0.4, 0.5) is 0 Å². The lowest BCUT2D eigenvalue weighted by Gasteiger charge is -1.60. The molecule has 0 heterocycles. The van der Waals surface area contributed by atoms with Crippen LogP contribution in [0.1, 0.15) is 0 Å². The summed E-state index contributed by atoms with van der Waals surface area (Å²) in [5.41, 5.74) is 0. The highest BCUT2D eigenvalue weighted by Crippen LogP contribution is 1.80. The van der Waals surface area contributed by atoms with Gasteiger partial charge in [0, 0.05) is 16.7 Å². The molecule has 0 saturated carbocycles. The van der Waals surface area contributed by atoms with Crippen molar-refractivity contribution in [1.82, 2.24) is 0 Å². The Morgan fingerprint density at radius 1 is 2.00 bits per heavy atom. The minimum Gasteiger partial charge on any atom is -0.256 e. The van der Waals surface area contributed by atoms with Gasteiger partial charge in [-0.1, -0.05) is 0 Å². The number of hydrogen-bond acceptors (Lipinski definition) is 1. The van der Waals surface area contributed by atoms with E-state index < -0.39 is 10.4 Å². The topological polar surface area (TPSA) is 17.1 Å². The second kappa shape index (κ2) is 1.86. The predicted molar refractivity (Wildman–Crippen MR) is 23.8 cm³/mol. The average Bonchev–Trinajstić information content (AvgIpc) is 0.811. The van der Waals surface area contributed by atoms with Crippen molar-refractivity contribution in [3.8, 4) is 0 Å². The van der Waals surface area contributed by atoms with Gasteiger partial charge in [-0.25, -0.2) is 0 Å². The minimum absolute atomic E-state index is 0.694. The predicted octanol–water partition coefficient (Wildman–Crippen LogP) is 0.155. The summed E-state index contributed by atoms with van der Waals surface area (Å²) < 4.78 is 9.52. The van der Waals surface area contributed by atoms with E-state index in [1.54, 1.807) is 6.26 Å². The first-order chi connectivity index (χ1) is 1.73. The van der Waals surface area contributed by atoms with Crippen molar-refractivity contribution >= 4 is 18.9 Å². The van der Waals surface area contributed by atoms with Crippen molar-refractivity contribution in [3.05, 3.63) is 0 Å². The van der Waals surface area contributed by atoms with Crippen LogP contribution in [-0.2, 0) is 10.4 Å².